The molecule has 3 N–H and O–H groups in total. The lowest BCUT2D eigenvalue weighted by Crippen LogP contribution is -2.30. The standard InChI is InChI=1S/C18H16BrN3O3/c1-24-16-6-3-10(7-17(16)25-2)15-9-13(18(23)22-20)12-8-11(19)4-5-14(12)21-15/h3-9H,20H2,1-2H3,(H,22,23). The van der Waals surface area contributed by atoms with Crippen LogP contribution < -0.4 is 20.7 Å². The summed E-state index contributed by atoms with van der Waals surface area (Å²) < 4.78 is 11.5. The third kappa shape index (κ3) is 3.29. The average molecular weight is 402 g/mol. The summed E-state index contributed by atoms with van der Waals surface area (Å²) in [4.78, 5) is 16.9. The van der Waals surface area contributed by atoms with E-state index in [9.17, 15) is 4.79 Å². The molecule has 0 fully saturated rings. The zero-order valence-electron chi connectivity index (χ0n) is 13.7. The first-order chi connectivity index (χ1) is 12.1. The largest absolute Gasteiger partial charge is 0.493 e. The van der Waals surface area contributed by atoms with Gasteiger partial charge in [0.05, 0.1) is 31.0 Å². The third-order valence-electron chi connectivity index (χ3n) is 3.83. The minimum atomic E-state index is -0.382. The Balaban J connectivity index is 2.23. The van der Waals surface area contributed by atoms with Crippen molar-refractivity contribution in [1.82, 2.24) is 10.4 Å². The van der Waals surface area contributed by atoms with Crippen LogP contribution in [0.15, 0.2) is 46.9 Å². The molecule has 0 radical (unpaired) electrons. The number of amides is 1. The van der Waals surface area contributed by atoms with Crippen LogP contribution in [0, 0.1) is 0 Å². The number of hydrogen-bond donors (Lipinski definition) is 2. The van der Waals surface area contributed by atoms with Crippen molar-refractivity contribution in [3.05, 3.63) is 52.5 Å². The van der Waals surface area contributed by atoms with E-state index in [1.165, 1.54) is 0 Å². The molecule has 1 amide bonds. The summed E-state index contributed by atoms with van der Waals surface area (Å²) in [6.07, 6.45) is 0. The van der Waals surface area contributed by atoms with Crippen LogP contribution in [0.3, 0.4) is 0 Å². The van der Waals surface area contributed by atoms with Crippen molar-refractivity contribution in [2.45, 2.75) is 0 Å². The predicted molar refractivity (Wildman–Crippen MR) is 99.6 cm³/mol. The number of nitrogens with zero attached hydrogens (tertiary/aromatic N) is 1. The lowest BCUT2D eigenvalue weighted by Gasteiger charge is -2.12. The molecular weight excluding hydrogens is 386 g/mol. The molecule has 0 saturated carbocycles. The highest BCUT2D eigenvalue weighted by atomic mass is 79.9. The van der Waals surface area contributed by atoms with E-state index in [0.717, 1.165) is 10.0 Å². The number of benzene rings is 2. The molecule has 25 heavy (non-hydrogen) atoms. The van der Waals surface area contributed by atoms with Gasteiger partial charge in [-0.05, 0) is 42.5 Å². The SMILES string of the molecule is COc1ccc(-c2cc(C(=O)NN)c3cc(Br)ccc3n2)cc1OC. The fourth-order valence-electron chi connectivity index (χ4n) is 2.61. The molecule has 0 atom stereocenters. The van der Waals surface area contributed by atoms with E-state index in [2.05, 4.69) is 26.3 Å². The Morgan fingerprint density at radius 2 is 1.84 bits per heavy atom. The van der Waals surface area contributed by atoms with Crippen LogP contribution in [0.25, 0.3) is 22.2 Å². The van der Waals surface area contributed by atoms with E-state index in [4.69, 9.17) is 15.3 Å². The smallest absolute Gasteiger partial charge is 0.265 e. The molecule has 0 spiro atoms. The van der Waals surface area contributed by atoms with E-state index in [1.54, 1.807) is 26.4 Å². The number of pyridine rings is 1. The second-order valence-corrected chi connectivity index (χ2v) is 6.18. The number of nitrogen functional groups attached to an aromatic ring is 1. The zero-order chi connectivity index (χ0) is 18.0. The van der Waals surface area contributed by atoms with Crippen molar-refractivity contribution in [1.29, 1.82) is 0 Å². The summed E-state index contributed by atoms with van der Waals surface area (Å²) in [6.45, 7) is 0. The van der Waals surface area contributed by atoms with E-state index >= 15 is 0 Å². The molecule has 0 bridgehead atoms. The predicted octanol–water partition coefficient (Wildman–Crippen LogP) is 3.29. The Labute approximate surface area is 153 Å². The summed E-state index contributed by atoms with van der Waals surface area (Å²) >= 11 is 3.41. The average Bonchev–Trinajstić information content (AvgIpc) is 2.65. The number of nitrogens with two attached hydrogens (primary N) is 1. The number of nitrogens with one attached hydrogen (secondary N) is 1. The number of ether oxygens (including phenoxy) is 2. The molecule has 3 aromatic rings. The van der Waals surface area contributed by atoms with Gasteiger partial charge in [-0.3, -0.25) is 10.2 Å². The molecule has 3 rings (SSSR count). The maximum Gasteiger partial charge on any atom is 0.265 e. The number of carbonyl (C=O) groups is 1. The van der Waals surface area contributed by atoms with E-state index in [0.29, 0.717) is 33.7 Å². The third-order valence-corrected chi connectivity index (χ3v) is 4.32. The van der Waals surface area contributed by atoms with Gasteiger partial charge in [-0.25, -0.2) is 10.8 Å². The van der Waals surface area contributed by atoms with Gasteiger partial charge in [0.1, 0.15) is 0 Å². The minimum Gasteiger partial charge on any atom is -0.493 e. The number of hydrogen-bond acceptors (Lipinski definition) is 5. The van der Waals surface area contributed by atoms with E-state index < -0.39 is 0 Å². The van der Waals surface area contributed by atoms with Crippen LogP contribution >= 0.6 is 15.9 Å². The monoisotopic (exact) mass is 401 g/mol. The first kappa shape index (κ1) is 17.2. The summed E-state index contributed by atoms with van der Waals surface area (Å²) in [5, 5.41) is 0.710. The summed E-state index contributed by atoms with van der Waals surface area (Å²) in [5.74, 6) is 6.16. The van der Waals surface area contributed by atoms with Gasteiger partial charge in [0.25, 0.3) is 5.91 Å². The normalized spacial score (nSPS) is 10.6. The van der Waals surface area contributed by atoms with Gasteiger partial charge in [0, 0.05) is 15.4 Å². The molecule has 1 heterocycles. The van der Waals surface area contributed by atoms with Gasteiger partial charge in [0.15, 0.2) is 11.5 Å². The number of methoxy groups -OCH3 is 2. The topological polar surface area (TPSA) is 86.5 Å². The first-order valence-electron chi connectivity index (χ1n) is 7.41. The van der Waals surface area contributed by atoms with Crippen molar-refractivity contribution in [2.24, 2.45) is 5.84 Å². The second kappa shape index (κ2) is 7.08. The number of carbonyl (C=O) groups excluding carboxylic acids is 1. The van der Waals surface area contributed by atoms with Crippen LogP contribution in [0.2, 0.25) is 0 Å². The van der Waals surface area contributed by atoms with E-state index in [-0.39, 0.29) is 5.91 Å². The highest BCUT2D eigenvalue weighted by molar-refractivity contribution is 9.10. The van der Waals surface area contributed by atoms with Crippen molar-refractivity contribution in [2.75, 3.05) is 14.2 Å². The molecule has 0 aliphatic heterocycles. The highest BCUT2D eigenvalue weighted by Gasteiger charge is 2.15. The Morgan fingerprint density at radius 3 is 2.52 bits per heavy atom. The van der Waals surface area contributed by atoms with Crippen molar-refractivity contribution < 1.29 is 14.3 Å². The summed E-state index contributed by atoms with van der Waals surface area (Å²) in [7, 11) is 3.15. The molecule has 1 aromatic heterocycles. The summed E-state index contributed by atoms with van der Waals surface area (Å²) in [5.41, 5.74) is 4.75. The Morgan fingerprint density at radius 1 is 1.08 bits per heavy atom. The molecule has 7 heteroatoms. The number of hydrazine groups is 1. The van der Waals surface area contributed by atoms with Gasteiger partial charge in [0.2, 0.25) is 0 Å². The van der Waals surface area contributed by atoms with Gasteiger partial charge >= 0.3 is 0 Å². The van der Waals surface area contributed by atoms with Crippen LogP contribution in [0.4, 0.5) is 0 Å². The van der Waals surface area contributed by atoms with Gasteiger partial charge in [-0.2, -0.15) is 0 Å². The Hall–Kier alpha value is -2.64. The van der Waals surface area contributed by atoms with Crippen molar-refractivity contribution in [3.8, 4) is 22.8 Å². The van der Waals surface area contributed by atoms with Crippen LogP contribution in [0.1, 0.15) is 10.4 Å². The lowest BCUT2D eigenvalue weighted by molar-refractivity contribution is 0.0955. The van der Waals surface area contributed by atoms with Gasteiger partial charge in [-0.1, -0.05) is 15.9 Å². The van der Waals surface area contributed by atoms with Gasteiger partial charge < -0.3 is 9.47 Å². The maximum atomic E-state index is 12.2. The van der Waals surface area contributed by atoms with Crippen LogP contribution in [-0.4, -0.2) is 25.1 Å². The number of rotatable bonds is 4. The molecule has 6 nitrogen and oxygen atoms in total. The van der Waals surface area contributed by atoms with Gasteiger partial charge in [-0.15, -0.1) is 0 Å². The number of aromatic nitrogens is 1. The lowest BCUT2D eigenvalue weighted by atomic mass is 10.0. The zero-order valence-corrected chi connectivity index (χ0v) is 15.3. The highest BCUT2D eigenvalue weighted by Crippen LogP contribution is 2.33. The fraction of sp³-hybridized carbons (Fsp3) is 0.111. The maximum absolute atomic E-state index is 12.2. The quantitative estimate of drug-likeness (QED) is 0.397. The Kier molecular flexibility index (Phi) is 4.87. The summed E-state index contributed by atoms with van der Waals surface area (Å²) in [6, 6.07) is 12.7. The molecule has 0 aliphatic rings. The Bertz CT molecular complexity index is 960. The molecular formula is C18H16BrN3O3. The minimum absolute atomic E-state index is 0.382. The van der Waals surface area contributed by atoms with Crippen molar-refractivity contribution >= 4 is 32.7 Å². The molecule has 2 aromatic carbocycles. The molecule has 0 aliphatic carbocycles. The number of fused-ring (bicyclic) bond motifs is 1. The number of halogens is 1. The fourth-order valence-corrected chi connectivity index (χ4v) is 2.97. The molecule has 0 saturated heterocycles. The van der Waals surface area contributed by atoms with Crippen LogP contribution in [-0.2, 0) is 0 Å². The van der Waals surface area contributed by atoms with Crippen LogP contribution in [0.5, 0.6) is 11.5 Å². The first-order valence-corrected chi connectivity index (χ1v) is 8.20. The molecule has 128 valence electrons. The second-order valence-electron chi connectivity index (χ2n) is 5.26. The van der Waals surface area contributed by atoms with E-state index in [1.807, 2.05) is 30.3 Å². The molecule has 0 unspecified atom stereocenters. The van der Waals surface area contributed by atoms with Crippen molar-refractivity contribution in [3.63, 3.8) is 0 Å².